The lowest BCUT2D eigenvalue weighted by Crippen LogP contribution is -2.48. The van der Waals surface area contributed by atoms with E-state index in [9.17, 15) is 37.4 Å². The SMILES string of the molecule is O=C(NC(C1CC1)C(F)(F)F)c1cn(-c2ncc(F)cc2Cl)c2nc(N3C[C@@H](O)[C@H](O)C3)ccc2c1=O. The molecule has 0 aromatic carbocycles. The van der Waals surface area contributed by atoms with Crippen molar-refractivity contribution in [3.8, 4) is 5.82 Å². The largest absolute Gasteiger partial charge is 0.408 e. The van der Waals surface area contributed by atoms with Crippen molar-refractivity contribution in [3.05, 3.63) is 57.2 Å². The monoisotopic (exact) mass is 541 g/mol. The summed E-state index contributed by atoms with van der Waals surface area (Å²) >= 11 is 6.18. The van der Waals surface area contributed by atoms with Crippen LogP contribution in [0.1, 0.15) is 23.2 Å². The molecule has 0 radical (unpaired) electrons. The van der Waals surface area contributed by atoms with Gasteiger partial charge in [-0.15, -0.1) is 0 Å². The van der Waals surface area contributed by atoms with Crippen LogP contribution in [0, 0.1) is 11.7 Å². The van der Waals surface area contributed by atoms with Gasteiger partial charge in [-0.3, -0.25) is 14.2 Å². The van der Waals surface area contributed by atoms with Gasteiger partial charge in [0.15, 0.2) is 11.5 Å². The third kappa shape index (κ3) is 4.86. The number of hydrogen-bond acceptors (Lipinski definition) is 7. The van der Waals surface area contributed by atoms with Crippen molar-refractivity contribution in [1.82, 2.24) is 19.9 Å². The van der Waals surface area contributed by atoms with E-state index in [1.54, 1.807) is 4.90 Å². The molecule has 1 unspecified atom stereocenters. The zero-order valence-electron chi connectivity index (χ0n) is 18.9. The van der Waals surface area contributed by atoms with Gasteiger partial charge < -0.3 is 20.4 Å². The minimum atomic E-state index is -4.70. The Labute approximate surface area is 211 Å². The van der Waals surface area contributed by atoms with E-state index < -0.39 is 53.1 Å². The molecule has 1 aliphatic heterocycles. The van der Waals surface area contributed by atoms with E-state index >= 15 is 0 Å². The van der Waals surface area contributed by atoms with Crippen LogP contribution in [0.2, 0.25) is 5.02 Å². The normalized spacial score (nSPS) is 20.9. The molecule has 3 aromatic heterocycles. The van der Waals surface area contributed by atoms with Gasteiger partial charge in [-0.25, -0.2) is 14.4 Å². The van der Waals surface area contributed by atoms with Crippen LogP contribution in [0.25, 0.3) is 16.9 Å². The van der Waals surface area contributed by atoms with Gasteiger partial charge in [0.1, 0.15) is 23.2 Å². The number of β-amino-alcohol motifs (C(OH)–C–C–N with tert-alkyl or cyclic N) is 2. The van der Waals surface area contributed by atoms with Crippen LogP contribution in [0.4, 0.5) is 23.4 Å². The number of rotatable bonds is 5. The van der Waals surface area contributed by atoms with Crippen LogP contribution in [0.15, 0.2) is 35.4 Å². The molecule has 1 aliphatic carbocycles. The number of fused-ring (bicyclic) bond motifs is 1. The lowest BCUT2D eigenvalue weighted by Gasteiger charge is -2.22. The van der Waals surface area contributed by atoms with Crippen LogP contribution in [0.5, 0.6) is 0 Å². The van der Waals surface area contributed by atoms with E-state index in [2.05, 4.69) is 9.97 Å². The molecular weight excluding hydrogens is 522 g/mol. The molecule has 1 saturated heterocycles. The molecule has 9 nitrogen and oxygen atoms in total. The molecule has 37 heavy (non-hydrogen) atoms. The first-order chi connectivity index (χ1) is 17.4. The Balaban J connectivity index is 1.65. The van der Waals surface area contributed by atoms with Gasteiger partial charge in [0, 0.05) is 19.3 Å². The van der Waals surface area contributed by atoms with Crippen LogP contribution in [0.3, 0.4) is 0 Å². The Morgan fingerprint density at radius 2 is 1.86 bits per heavy atom. The minimum Gasteiger partial charge on any atom is -0.389 e. The molecule has 0 bridgehead atoms. The zero-order valence-corrected chi connectivity index (χ0v) is 19.7. The molecule has 4 heterocycles. The molecule has 2 aliphatic rings. The van der Waals surface area contributed by atoms with Gasteiger partial charge in [0.2, 0.25) is 5.43 Å². The second-order valence-electron chi connectivity index (χ2n) is 9.11. The second kappa shape index (κ2) is 9.23. The molecule has 14 heteroatoms. The average Bonchev–Trinajstić information content (AvgIpc) is 3.61. The number of aliphatic hydroxyl groups is 2. The summed E-state index contributed by atoms with van der Waals surface area (Å²) in [5.74, 6) is -2.62. The van der Waals surface area contributed by atoms with Crippen molar-refractivity contribution in [3.63, 3.8) is 0 Å². The summed E-state index contributed by atoms with van der Waals surface area (Å²) in [6.07, 6.45) is -4.33. The van der Waals surface area contributed by atoms with Gasteiger partial charge in [-0.05, 0) is 37.0 Å². The third-order valence-corrected chi connectivity index (χ3v) is 6.69. The van der Waals surface area contributed by atoms with Crippen LogP contribution >= 0.6 is 11.6 Å². The number of anilines is 1. The highest BCUT2D eigenvalue weighted by Gasteiger charge is 2.50. The number of hydrogen-bond donors (Lipinski definition) is 3. The van der Waals surface area contributed by atoms with Crippen molar-refractivity contribution in [2.75, 3.05) is 18.0 Å². The van der Waals surface area contributed by atoms with E-state index in [0.29, 0.717) is 12.8 Å². The number of pyridine rings is 3. The highest BCUT2D eigenvalue weighted by atomic mass is 35.5. The predicted molar refractivity (Wildman–Crippen MR) is 124 cm³/mol. The van der Waals surface area contributed by atoms with Gasteiger partial charge >= 0.3 is 6.18 Å². The first-order valence-corrected chi connectivity index (χ1v) is 11.7. The Bertz CT molecular complexity index is 1440. The van der Waals surface area contributed by atoms with Gasteiger partial charge in [0.25, 0.3) is 5.91 Å². The molecule has 3 atom stereocenters. The lowest BCUT2D eigenvalue weighted by molar-refractivity contribution is -0.158. The topological polar surface area (TPSA) is 121 Å². The van der Waals surface area contributed by atoms with E-state index in [1.807, 2.05) is 5.32 Å². The Morgan fingerprint density at radius 3 is 2.46 bits per heavy atom. The van der Waals surface area contributed by atoms with Gasteiger partial charge in [-0.1, -0.05) is 11.6 Å². The number of carbonyl (C=O) groups is 1. The molecule has 3 N–H and O–H groups in total. The molecule has 3 aromatic rings. The number of aliphatic hydroxyl groups excluding tert-OH is 2. The number of nitrogens with zero attached hydrogens (tertiary/aromatic N) is 4. The second-order valence-corrected chi connectivity index (χ2v) is 9.52. The Hall–Kier alpha value is -3.29. The summed E-state index contributed by atoms with van der Waals surface area (Å²) < 4.78 is 55.3. The Kier molecular flexibility index (Phi) is 6.32. The lowest BCUT2D eigenvalue weighted by atomic mass is 10.1. The summed E-state index contributed by atoms with van der Waals surface area (Å²) in [6, 6.07) is 1.58. The molecule has 1 amide bonds. The minimum absolute atomic E-state index is 0.0555. The number of carbonyl (C=O) groups excluding carboxylic acids is 1. The quantitative estimate of drug-likeness (QED) is 0.423. The number of halogens is 5. The van der Waals surface area contributed by atoms with Crippen molar-refractivity contribution < 1.29 is 32.6 Å². The van der Waals surface area contributed by atoms with E-state index in [1.165, 1.54) is 12.1 Å². The summed E-state index contributed by atoms with van der Waals surface area (Å²) in [4.78, 5) is 36.1. The zero-order chi connectivity index (χ0) is 26.6. The molecule has 2 fully saturated rings. The Morgan fingerprint density at radius 1 is 1.19 bits per heavy atom. The first kappa shape index (κ1) is 25.4. The van der Waals surface area contributed by atoms with Crippen molar-refractivity contribution in [1.29, 1.82) is 0 Å². The van der Waals surface area contributed by atoms with Crippen LogP contribution in [-0.4, -0.2) is 68.2 Å². The van der Waals surface area contributed by atoms with Crippen molar-refractivity contribution in [2.24, 2.45) is 5.92 Å². The highest BCUT2D eigenvalue weighted by Crippen LogP contribution is 2.40. The van der Waals surface area contributed by atoms with E-state index in [0.717, 1.165) is 23.0 Å². The predicted octanol–water partition coefficient (Wildman–Crippen LogP) is 2.19. The van der Waals surface area contributed by atoms with E-state index in [4.69, 9.17) is 11.6 Å². The van der Waals surface area contributed by atoms with Crippen LogP contribution in [-0.2, 0) is 0 Å². The highest BCUT2D eigenvalue weighted by molar-refractivity contribution is 6.32. The summed E-state index contributed by atoms with van der Waals surface area (Å²) in [5, 5.41) is 21.4. The standard InChI is InChI=1S/C23H20ClF4N5O4/c24-14-5-11(25)6-29-21(14)33-7-13(22(37)31-19(10-1-2-10)23(26,27)28)18(36)12-3-4-17(30-20(12)33)32-8-15(34)16(35)9-32/h3-7,10,15-16,19,34-35H,1-2,8-9H2,(H,31,37)/t15-,16-,19?/m1/s1. The summed E-state index contributed by atoms with van der Waals surface area (Å²) in [7, 11) is 0. The molecule has 196 valence electrons. The van der Waals surface area contributed by atoms with Crippen LogP contribution < -0.4 is 15.6 Å². The molecule has 1 saturated carbocycles. The summed E-state index contributed by atoms with van der Waals surface area (Å²) in [5.41, 5.74) is -1.55. The van der Waals surface area contributed by atoms with Gasteiger partial charge in [0.05, 0.1) is 28.8 Å². The molecular formula is C23H20ClF4N5O4. The number of aromatic nitrogens is 3. The maximum Gasteiger partial charge on any atom is 0.408 e. The van der Waals surface area contributed by atoms with E-state index in [-0.39, 0.29) is 40.8 Å². The smallest absolute Gasteiger partial charge is 0.389 e. The number of nitrogens with one attached hydrogen (secondary N) is 1. The maximum absolute atomic E-state index is 13.7. The third-order valence-electron chi connectivity index (χ3n) is 6.41. The number of alkyl halides is 3. The first-order valence-electron chi connectivity index (χ1n) is 11.3. The summed E-state index contributed by atoms with van der Waals surface area (Å²) in [6.45, 7) is 0.111. The average molecular weight is 542 g/mol. The molecule has 5 rings (SSSR count). The fourth-order valence-corrected chi connectivity index (χ4v) is 4.59. The fraction of sp³-hybridized carbons (Fsp3) is 0.391. The maximum atomic E-state index is 13.7. The van der Waals surface area contributed by atoms with Crippen molar-refractivity contribution in [2.45, 2.75) is 37.3 Å². The fourth-order valence-electron chi connectivity index (χ4n) is 4.35. The number of amides is 1. The van der Waals surface area contributed by atoms with Gasteiger partial charge in [-0.2, -0.15) is 13.2 Å². The molecule has 0 spiro atoms. The van der Waals surface area contributed by atoms with Crippen molar-refractivity contribution >= 4 is 34.4 Å².